The van der Waals surface area contributed by atoms with Gasteiger partial charge in [0.1, 0.15) is 0 Å². The van der Waals surface area contributed by atoms with Crippen LogP contribution < -0.4 is 5.32 Å². The van der Waals surface area contributed by atoms with E-state index in [1.807, 2.05) is 0 Å². The zero-order valence-corrected chi connectivity index (χ0v) is 14.4. The van der Waals surface area contributed by atoms with Gasteiger partial charge in [-0.15, -0.1) is 0 Å². The minimum absolute atomic E-state index is 0.654. The smallest absolute Gasteiger partial charge is 0.0480 e. The molecule has 1 aromatic carbocycles. The fourth-order valence-corrected chi connectivity index (χ4v) is 3.45. The van der Waals surface area contributed by atoms with Crippen LogP contribution in [0.3, 0.4) is 0 Å². The normalized spacial score (nSPS) is 20.1. The molecule has 0 radical (unpaired) electrons. The molecule has 0 amide bonds. The van der Waals surface area contributed by atoms with Crippen molar-refractivity contribution in [2.24, 2.45) is 0 Å². The van der Waals surface area contributed by atoms with Crippen molar-refractivity contribution in [1.82, 2.24) is 10.2 Å². The van der Waals surface area contributed by atoms with Crippen molar-refractivity contribution in [2.45, 2.75) is 50.9 Å². The molecule has 3 nitrogen and oxygen atoms in total. The number of hydrogen-bond donors (Lipinski definition) is 1. The van der Waals surface area contributed by atoms with E-state index in [0.29, 0.717) is 6.04 Å². The van der Waals surface area contributed by atoms with Gasteiger partial charge in [0.05, 0.1) is 0 Å². The molecule has 0 aromatic heterocycles. The summed E-state index contributed by atoms with van der Waals surface area (Å²) in [7, 11) is 2.23. The fourth-order valence-electron chi connectivity index (χ4n) is 2.90. The van der Waals surface area contributed by atoms with Gasteiger partial charge < -0.3 is 10.1 Å². The Morgan fingerprint density at radius 2 is 2.00 bits per heavy atom. The Morgan fingerprint density at radius 3 is 2.67 bits per heavy atom. The van der Waals surface area contributed by atoms with Crippen LogP contribution >= 0.6 is 15.9 Å². The van der Waals surface area contributed by atoms with Gasteiger partial charge in [-0.05, 0) is 49.9 Å². The number of nitrogens with one attached hydrogen (secondary N) is 1. The van der Waals surface area contributed by atoms with Gasteiger partial charge in [0, 0.05) is 42.9 Å². The third-order valence-electron chi connectivity index (χ3n) is 4.52. The van der Waals surface area contributed by atoms with Crippen LogP contribution in [-0.4, -0.2) is 37.2 Å². The summed E-state index contributed by atoms with van der Waals surface area (Å²) in [5.74, 6) is 0. The highest BCUT2D eigenvalue weighted by Crippen LogP contribution is 2.24. The molecule has 0 unspecified atom stereocenters. The highest BCUT2D eigenvalue weighted by Gasteiger charge is 2.21. The van der Waals surface area contributed by atoms with E-state index in [2.05, 4.69) is 51.4 Å². The van der Waals surface area contributed by atoms with E-state index in [4.69, 9.17) is 4.74 Å². The number of benzene rings is 1. The average Bonchev–Trinajstić information content (AvgIpc) is 3.33. The van der Waals surface area contributed by atoms with Crippen molar-refractivity contribution >= 4 is 15.9 Å². The topological polar surface area (TPSA) is 24.5 Å². The second-order valence-corrected chi connectivity index (χ2v) is 7.19. The third-order valence-corrected chi connectivity index (χ3v) is 5.26. The van der Waals surface area contributed by atoms with Crippen LogP contribution in [-0.2, 0) is 17.8 Å². The summed E-state index contributed by atoms with van der Waals surface area (Å²) in [4.78, 5) is 2.46. The molecular formula is C17H25BrN2O. The Kier molecular flexibility index (Phi) is 5.33. The van der Waals surface area contributed by atoms with Crippen LogP contribution in [0.1, 0.15) is 36.8 Å². The van der Waals surface area contributed by atoms with Crippen molar-refractivity contribution in [2.75, 3.05) is 20.3 Å². The lowest BCUT2D eigenvalue weighted by Crippen LogP contribution is -2.36. The largest absolute Gasteiger partial charge is 0.381 e. The molecule has 1 aliphatic carbocycles. The summed E-state index contributed by atoms with van der Waals surface area (Å²) >= 11 is 3.74. The highest BCUT2D eigenvalue weighted by atomic mass is 79.9. The number of hydrogen-bond acceptors (Lipinski definition) is 3. The van der Waals surface area contributed by atoms with E-state index in [1.165, 1.54) is 28.4 Å². The molecule has 2 fully saturated rings. The van der Waals surface area contributed by atoms with Gasteiger partial charge in [0.25, 0.3) is 0 Å². The zero-order valence-electron chi connectivity index (χ0n) is 12.8. The molecule has 0 spiro atoms. The predicted octanol–water partition coefficient (Wildman–Crippen LogP) is 3.31. The summed E-state index contributed by atoms with van der Waals surface area (Å²) in [6.07, 6.45) is 4.99. The summed E-state index contributed by atoms with van der Waals surface area (Å²) in [6, 6.07) is 8.21. The monoisotopic (exact) mass is 352 g/mol. The van der Waals surface area contributed by atoms with Gasteiger partial charge in [-0.25, -0.2) is 0 Å². The Balaban J connectivity index is 1.56. The molecule has 2 aliphatic rings. The Morgan fingerprint density at radius 1 is 1.24 bits per heavy atom. The van der Waals surface area contributed by atoms with Gasteiger partial charge in [0.2, 0.25) is 0 Å². The summed E-state index contributed by atoms with van der Waals surface area (Å²) < 4.78 is 6.68. The number of rotatable bonds is 6. The average molecular weight is 353 g/mol. The molecule has 1 aromatic rings. The van der Waals surface area contributed by atoms with E-state index in [-0.39, 0.29) is 0 Å². The van der Waals surface area contributed by atoms with Crippen LogP contribution in [0, 0.1) is 0 Å². The molecule has 0 bridgehead atoms. The standard InChI is InChI=1S/C17H25BrN2O/c1-20(16-6-8-21-9-7-16)12-14-3-2-13(10-17(14)18)11-19-15-4-5-15/h2-3,10,15-16,19H,4-9,11-12H2,1H3. The first-order chi connectivity index (χ1) is 10.2. The van der Waals surface area contributed by atoms with E-state index >= 15 is 0 Å². The van der Waals surface area contributed by atoms with Crippen LogP contribution in [0.5, 0.6) is 0 Å². The second-order valence-electron chi connectivity index (χ2n) is 6.34. The van der Waals surface area contributed by atoms with Crippen molar-refractivity contribution in [3.8, 4) is 0 Å². The predicted molar refractivity (Wildman–Crippen MR) is 89.3 cm³/mol. The SMILES string of the molecule is CN(Cc1ccc(CNC2CC2)cc1Br)C1CCOCC1. The zero-order chi connectivity index (χ0) is 14.7. The molecule has 1 heterocycles. The van der Waals surface area contributed by atoms with Crippen molar-refractivity contribution in [1.29, 1.82) is 0 Å². The summed E-state index contributed by atoms with van der Waals surface area (Å²) in [5.41, 5.74) is 2.74. The van der Waals surface area contributed by atoms with Crippen molar-refractivity contribution in [3.05, 3.63) is 33.8 Å². The van der Waals surface area contributed by atoms with Gasteiger partial charge in [-0.3, -0.25) is 4.90 Å². The molecule has 1 saturated heterocycles. The van der Waals surface area contributed by atoms with E-state index in [9.17, 15) is 0 Å². The Labute approximate surface area is 136 Å². The van der Waals surface area contributed by atoms with Gasteiger partial charge >= 0.3 is 0 Å². The number of ether oxygens (including phenoxy) is 1. The minimum Gasteiger partial charge on any atom is -0.381 e. The second kappa shape index (κ2) is 7.23. The first kappa shape index (κ1) is 15.5. The molecule has 1 aliphatic heterocycles. The Hall–Kier alpha value is -0.420. The first-order valence-corrected chi connectivity index (χ1v) is 8.80. The molecule has 116 valence electrons. The van der Waals surface area contributed by atoms with Crippen LogP contribution in [0.25, 0.3) is 0 Å². The lowest BCUT2D eigenvalue weighted by atomic mass is 10.1. The van der Waals surface area contributed by atoms with E-state index in [1.54, 1.807) is 0 Å². The lowest BCUT2D eigenvalue weighted by Gasteiger charge is -2.31. The number of nitrogens with zero attached hydrogens (tertiary/aromatic N) is 1. The minimum atomic E-state index is 0.654. The Bertz CT molecular complexity index is 470. The maximum Gasteiger partial charge on any atom is 0.0480 e. The summed E-state index contributed by atoms with van der Waals surface area (Å²) in [6.45, 7) is 3.80. The maximum absolute atomic E-state index is 5.45. The van der Waals surface area contributed by atoms with Gasteiger partial charge in [-0.1, -0.05) is 28.1 Å². The quantitative estimate of drug-likeness (QED) is 0.849. The maximum atomic E-state index is 5.45. The van der Waals surface area contributed by atoms with E-state index < -0.39 is 0 Å². The lowest BCUT2D eigenvalue weighted by molar-refractivity contribution is 0.0406. The highest BCUT2D eigenvalue weighted by molar-refractivity contribution is 9.10. The molecule has 21 heavy (non-hydrogen) atoms. The van der Waals surface area contributed by atoms with Crippen LogP contribution in [0.15, 0.2) is 22.7 Å². The summed E-state index contributed by atoms with van der Waals surface area (Å²) in [5, 5.41) is 3.57. The number of halogens is 1. The first-order valence-electron chi connectivity index (χ1n) is 8.01. The molecule has 3 rings (SSSR count). The van der Waals surface area contributed by atoms with Crippen molar-refractivity contribution in [3.63, 3.8) is 0 Å². The molecule has 0 atom stereocenters. The fraction of sp³-hybridized carbons (Fsp3) is 0.647. The molecule has 4 heteroatoms. The molecule has 1 N–H and O–H groups in total. The van der Waals surface area contributed by atoms with Crippen LogP contribution in [0.4, 0.5) is 0 Å². The van der Waals surface area contributed by atoms with E-state index in [0.717, 1.165) is 45.2 Å². The van der Waals surface area contributed by atoms with Gasteiger partial charge in [0.15, 0.2) is 0 Å². The molecule has 1 saturated carbocycles. The van der Waals surface area contributed by atoms with Gasteiger partial charge in [-0.2, -0.15) is 0 Å². The van der Waals surface area contributed by atoms with Crippen molar-refractivity contribution < 1.29 is 4.74 Å². The third kappa shape index (κ3) is 4.52. The van der Waals surface area contributed by atoms with Crippen LogP contribution in [0.2, 0.25) is 0 Å². The molecular weight excluding hydrogens is 328 g/mol.